The Morgan fingerprint density at radius 3 is 2.27 bits per heavy atom. The van der Waals surface area contributed by atoms with Crippen LogP contribution >= 0.6 is 24.8 Å². The van der Waals surface area contributed by atoms with Crippen molar-refractivity contribution in [2.75, 3.05) is 13.1 Å². The molecule has 174 valence electrons. The molecule has 1 aromatic carbocycles. The van der Waals surface area contributed by atoms with Gasteiger partial charge in [0.15, 0.2) is 0 Å². The lowest BCUT2D eigenvalue weighted by molar-refractivity contribution is -0.274. The molecule has 2 unspecified atom stereocenters. The molecule has 2 fully saturated rings. The number of ether oxygens (including phenoxy) is 1. The highest BCUT2D eigenvalue weighted by atomic mass is 35.5. The fourth-order valence-corrected chi connectivity index (χ4v) is 4.86. The Kier molecular flexibility index (Phi) is 10.2. The quantitative estimate of drug-likeness (QED) is 0.650. The Morgan fingerprint density at radius 2 is 1.70 bits per heavy atom. The van der Waals surface area contributed by atoms with Crippen molar-refractivity contribution in [1.29, 1.82) is 0 Å². The highest BCUT2D eigenvalue weighted by Gasteiger charge is 2.43. The summed E-state index contributed by atoms with van der Waals surface area (Å²) in [5.74, 6) is -0.214. The second-order valence-electron chi connectivity index (χ2n) is 8.48. The zero-order chi connectivity index (χ0) is 20.4. The van der Waals surface area contributed by atoms with E-state index in [9.17, 15) is 18.3 Å². The van der Waals surface area contributed by atoms with Gasteiger partial charge in [-0.3, -0.25) is 4.90 Å². The maximum Gasteiger partial charge on any atom is 0.573 e. The van der Waals surface area contributed by atoms with Crippen LogP contribution in [0, 0.1) is 0 Å². The number of alkyl halides is 3. The Labute approximate surface area is 189 Å². The van der Waals surface area contributed by atoms with Crippen LogP contribution in [0.3, 0.4) is 0 Å². The summed E-state index contributed by atoms with van der Waals surface area (Å²) in [7, 11) is 0. The van der Waals surface area contributed by atoms with Gasteiger partial charge >= 0.3 is 6.36 Å². The summed E-state index contributed by atoms with van der Waals surface area (Å²) in [6, 6.07) is 6.91. The molecule has 1 aliphatic carbocycles. The number of nitrogens with one attached hydrogen (secondary N) is 1. The summed E-state index contributed by atoms with van der Waals surface area (Å²) in [6.45, 7) is 6.21. The normalized spacial score (nSPS) is 30.1. The fraction of sp³-hybridized carbons (Fsp3) is 0.714. The fourth-order valence-electron chi connectivity index (χ4n) is 4.86. The minimum absolute atomic E-state index is 0. The molecular weight excluding hydrogens is 440 g/mol. The van der Waals surface area contributed by atoms with Crippen molar-refractivity contribution in [3.8, 4) is 5.75 Å². The predicted octanol–water partition coefficient (Wildman–Crippen LogP) is 4.72. The van der Waals surface area contributed by atoms with Gasteiger partial charge in [0.2, 0.25) is 0 Å². The van der Waals surface area contributed by atoms with Crippen LogP contribution in [-0.2, 0) is 6.42 Å². The molecule has 0 radical (unpaired) electrons. The monoisotopic (exact) mass is 472 g/mol. The van der Waals surface area contributed by atoms with E-state index in [1.807, 2.05) is 0 Å². The zero-order valence-corrected chi connectivity index (χ0v) is 19.1. The van der Waals surface area contributed by atoms with Crippen LogP contribution in [0.15, 0.2) is 24.3 Å². The van der Waals surface area contributed by atoms with Crippen LogP contribution in [0.25, 0.3) is 0 Å². The van der Waals surface area contributed by atoms with E-state index in [-0.39, 0.29) is 36.6 Å². The molecule has 1 saturated carbocycles. The molecule has 0 bridgehead atoms. The molecule has 2 N–H and O–H groups in total. The van der Waals surface area contributed by atoms with Gasteiger partial charge in [-0.05, 0) is 57.2 Å². The summed E-state index contributed by atoms with van der Waals surface area (Å²) in [4.78, 5) is 2.44. The molecule has 30 heavy (non-hydrogen) atoms. The maximum absolute atomic E-state index is 12.3. The van der Waals surface area contributed by atoms with Crippen molar-refractivity contribution >= 4 is 24.8 Å². The van der Waals surface area contributed by atoms with Crippen molar-refractivity contribution in [2.24, 2.45) is 0 Å². The molecule has 2 aliphatic rings. The highest BCUT2D eigenvalue weighted by Crippen LogP contribution is 2.36. The molecule has 1 aromatic rings. The molecule has 0 spiro atoms. The second-order valence-corrected chi connectivity index (χ2v) is 8.48. The van der Waals surface area contributed by atoms with E-state index in [0.29, 0.717) is 24.9 Å². The van der Waals surface area contributed by atoms with Gasteiger partial charge in [0, 0.05) is 31.2 Å². The number of rotatable bonds is 5. The van der Waals surface area contributed by atoms with E-state index in [2.05, 4.69) is 28.8 Å². The highest BCUT2D eigenvalue weighted by molar-refractivity contribution is 5.85. The van der Waals surface area contributed by atoms with E-state index in [1.165, 1.54) is 12.1 Å². The van der Waals surface area contributed by atoms with Gasteiger partial charge in [-0.25, -0.2) is 0 Å². The minimum Gasteiger partial charge on any atom is -0.406 e. The molecular formula is C21H33Cl2F3N2O2. The number of nitrogens with zero attached hydrogens (tertiary/aromatic N) is 1. The van der Waals surface area contributed by atoms with Crippen LogP contribution in [0.4, 0.5) is 13.2 Å². The zero-order valence-electron chi connectivity index (χ0n) is 17.5. The Balaban J connectivity index is 0.00000225. The van der Waals surface area contributed by atoms with Gasteiger partial charge in [-0.1, -0.05) is 25.0 Å². The molecule has 1 saturated heterocycles. The lowest BCUT2D eigenvalue weighted by Gasteiger charge is -2.49. The first kappa shape index (κ1) is 27.3. The average Bonchev–Trinajstić information content (AvgIpc) is 2.59. The van der Waals surface area contributed by atoms with E-state index in [0.717, 1.165) is 44.3 Å². The molecule has 1 heterocycles. The maximum atomic E-state index is 12.3. The number of piperazine rings is 1. The average molecular weight is 473 g/mol. The molecule has 0 amide bonds. The molecule has 4 atom stereocenters. The summed E-state index contributed by atoms with van der Waals surface area (Å²) in [5.41, 5.74) is 0.158. The van der Waals surface area contributed by atoms with Gasteiger partial charge in [-0.2, -0.15) is 0 Å². The predicted molar refractivity (Wildman–Crippen MR) is 117 cm³/mol. The molecule has 0 aromatic heterocycles. The van der Waals surface area contributed by atoms with Gasteiger partial charge in [-0.15, -0.1) is 38.0 Å². The summed E-state index contributed by atoms with van der Waals surface area (Å²) in [6.07, 6.45) is 0.490. The standard InChI is InChI=1S/C21H31F3N2O2.2ClH/c1-15-13-26(14-16(2)25-15)19-5-3-4-11-20(19,27)12-10-17-6-8-18(9-7-17)28-21(22,23)24;;/h6-9,15-16,19,25,27H,3-5,10-14H2,1-2H3;2*1H/t15-,16+,19?,20?;;. The van der Waals surface area contributed by atoms with E-state index < -0.39 is 12.0 Å². The van der Waals surface area contributed by atoms with Gasteiger partial charge in [0.1, 0.15) is 5.75 Å². The van der Waals surface area contributed by atoms with E-state index in [1.54, 1.807) is 12.1 Å². The lowest BCUT2D eigenvalue weighted by atomic mass is 9.75. The molecule has 3 rings (SSSR count). The van der Waals surface area contributed by atoms with Crippen LogP contribution in [0.2, 0.25) is 0 Å². The number of benzene rings is 1. The summed E-state index contributed by atoms with van der Waals surface area (Å²) >= 11 is 0. The van der Waals surface area contributed by atoms with Crippen LogP contribution in [-0.4, -0.2) is 53.2 Å². The number of hydrogen-bond donors (Lipinski definition) is 2. The second kappa shape index (κ2) is 11.2. The first-order valence-electron chi connectivity index (χ1n) is 10.2. The van der Waals surface area contributed by atoms with E-state index >= 15 is 0 Å². The first-order chi connectivity index (χ1) is 13.1. The Bertz CT molecular complexity index is 638. The van der Waals surface area contributed by atoms with Crippen molar-refractivity contribution in [1.82, 2.24) is 10.2 Å². The van der Waals surface area contributed by atoms with Crippen LogP contribution in [0.1, 0.15) is 51.5 Å². The number of halogens is 5. The van der Waals surface area contributed by atoms with Crippen molar-refractivity contribution < 1.29 is 23.0 Å². The molecule has 9 heteroatoms. The topological polar surface area (TPSA) is 44.7 Å². The Morgan fingerprint density at radius 1 is 1.10 bits per heavy atom. The van der Waals surface area contributed by atoms with Gasteiger partial charge in [0.25, 0.3) is 0 Å². The lowest BCUT2D eigenvalue weighted by Crippen LogP contribution is -2.63. The SMILES string of the molecule is C[C@@H]1CN(C2CCCCC2(O)CCc2ccc(OC(F)(F)F)cc2)C[C@H](C)N1.Cl.Cl. The van der Waals surface area contributed by atoms with Gasteiger partial charge in [0.05, 0.1) is 5.60 Å². The molecule has 1 aliphatic heterocycles. The first-order valence-corrected chi connectivity index (χ1v) is 10.2. The Hall–Kier alpha value is -0.730. The third-order valence-corrected chi connectivity index (χ3v) is 5.99. The third-order valence-electron chi connectivity index (χ3n) is 5.99. The number of hydrogen-bond acceptors (Lipinski definition) is 4. The van der Waals surface area contributed by atoms with Crippen molar-refractivity contribution in [2.45, 2.75) is 82.5 Å². The largest absolute Gasteiger partial charge is 0.573 e. The van der Waals surface area contributed by atoms with Crippen LogP contribution < -0.4 is 10.1 Å². The molecule has 4 nitrogen and oxygen atoms in total. The van der Waals surface area contributed by atoms with Crippen LogP contribution in [0.5, 0.6) is 5.75 Å². The summed E-state index contributed by atoms with van der Waals surface area (Å²) in [5, 5.41) is 15.0. The smallest absolute Gasteiger partial charge is 0.406 e. The van der Waals surface area contributed by atoms with Crippen molar-refractivity contribution in [3.05, 3.63) is 29.8 Å². The van der Waals surface area contributed by atoms with E-state index in [4.69, 9.17) is 0 Å². The minimum atomic E-state index is -4.68. The van der Waals surface area contributed by atoms with Crippen molar-refractivity contribution in [3.63, 3.8) is 0 Å². The number of aryl methyl sites for hydroxylation is 1. The van der Waals surface area contributed by atoms with Gasteiger partial charge < -0.3 is 15.2 Å². The number of aliphatic hydroxyl groups is 1. The third kappa shape index (κ3) is 7.45. The summed E-state index contributed by atoms with van der Waals surface area (Å²) < 4.78 is 40.8.